The molecule has 0 unspecified atom stereocenters. The summed E-state index contributed by atoms with van der Waals surface area (Å²) in [6, 6.07) is 12.4. The molecule has 0 aliphatic carbocycles. The minimum absolute atomic E-state index is 0.0594. The average Bonchev–Trinajstić information content (AvgIpc) is 2.83. The number of amides is 3. The lowest BCUT2D eigenvalue weighted by molar-refractivity contribution is -0.129. The number of para-hydroxylation sites is 1. The van der Waals surface area contributed by atoms with Crippen LogP contribution >= 0.6 is 11.6 Å². The number of ether oxygens (including phenoxy) is 2. The average molecular weight is 472 g/mol. The number of carbonyl (C=O) groups is 2. The van der Waals surface area contributed by atoms with Crippen LogP contribution in [0.25, 0.3) is 6.08 Å². The smallest absolute Gasteiger partial charge is 0.319 e. The molecule has 3 rings (SSSR count). The van der Waals surface area contributed by atoms with Crippen molar-refractivity contribution >= 4 is 35.3 Å². The first-order valence-electron chi connectivity index (χ1n) is 11.1. The summed E-state index contributed by atoms with van der Waals surface area (Å²) in [5, 5.41) is 6.11. The van der Waals surface area contributed by atoms with Gasteiger partial charge in [-0.05, 0) is 62.1 Å². The van der Waals surface area contributed by atoms with Crippen molar-refractivity contribution in [3.63, 3.8) is 0 Å². The van der Waals surface area contributed by atoms with Crippen molar-refractivity contribution < 1.29 is 19.1 Å². The molecule has 2 N–H and O–H groups in total. The summed E-state index contributed by atoms with van der Waals surface area (Å²) in [6.07, 6.45) is 6.05. The quantitative estimate of drug-likeness (QED) is 0.533. The van der Waals surface area contributed by atoms with E-state index in [9.17, 15) is 9.59 Å². The predicted octanol–water partition coefficient (Wildman–Crippen LogP) is 4.96. The molecule has 7 nitrogen and oxygen atoms in total. The Bertz CT molecular complexity index is 981. The van der Waals surface area contributed by atoms with Gasteiger partial charge in [-0.25, -0.2) is 4.79 Å². The third-order valence-electron chi connectivity index (χ3n) is 5.40. The van der Waals surface area contributed by atoms with Crippen LogP contribution in [-0.2, 0) is 4.79 Å². The molecule has 1 aliphatic heterocycles. The lowest BCUT2D eigenvalue weighted by Crippen LogP contribution is -2.49. The number of piperidine rings is 1. The van der Waals surface area contributed by atoms with Crippen LogP contribution in [0, 0.1) is 0 Å². The second kappa shape index (κ2) is 12.2. The third-order valence-corrected chi connectivity index (χ3v) is 5.68. The third kappa shape index (κ3) is 6.89. The highest BCUT2D eigenvalue weighted by Gasteiger charge is 2.25. The minimum Gasteiger partial charge on any atom is -0.493 e. The van der Waals surface area contributed by atoms with Crippen LogP contribution in [0.5, 0.6) is 11.5 Å². The lowest BCUT2D eigenvalue weighted by atomic mass is 10.0. The molecule has 2 aromatic carbocycles. The molecule has 0 radical (unpaired) electrons. The van der Waals surface area contributed by atoms with Gasteiger partial charge in [-0.1, -0.05) is 29.8 Å². The first-order valence-corrected chi connectivity index (χ1v) is 11.5. The van der Waals surface area contributed by atoms with E-state index in [0.29, 0.717) is 36.2 Å². The van der Waals surface area contributed by atoms with Crippen molar-refractivity contribution in [2.24, 2.45) is 0 Å². The van der Waals surface area contributed by atoms with Crippen LogP contribution in [0.4, 0.5) is 10.5 Å². The number of rotatable bonds is 8. The van der Waals surface area contributed by atoms with E-state index in [0.717, 1.165) is 30.5 Å². The van der Waals surface area contributed by atoms with Gasteiger partial charge < -0.3 is 25.0 Å². The second-order valence-electron chi connectivity index (χ2n) is 7.68. The van der Waals surface area contributed by atoms with Crippen LogP contribution < -0.4 is 20.1 Å². The van der Waals surface area contributed by atoms with Gasteiger partial charge >= 0.3 is 6.03 Å². The highest BCUT2D eigenvalue weighted by molar-refractivity contribution is 6.32. The van der Waals surface area contributed by atoms with Gasteiger partial charge in [-0.15, -0.1) is 0 Å². The maximum atomic E-state index is 12.9. The molecule has 1 heterocycles. The molecule has 1 fully saturated rings. The van der Waals surface area contributed by atoms with Crippen LogP contribution in [0.1, 0.15) is 31.7 Å². The molecule has 176 valence electrons. The molecule has 2 aromatic rings. The number of nitrogens with zero attached hydrogens (tertiary/aromatic N) is 1. The molecule has 0 bridgehead atoms. The number of anilines is 1. The SMILES string of the molecule is CCOc1c(Cl)cc(/C=C/C(=O)N2CCCC[C@@H]2CNC(=O)Nc2ccccc2)cc1OC. The molecule has 0 spiro atoms. The summed E-state index contributed by atoms with van der Waals surface area (Å²) >= 11 is 6.33. The number of methoxy groups -OCH3 is 1. The van der Waals surface area contributed by atoms with Gasteiger partial charge in [0.2, 0.25) is 5.91 Å². The van der Waals surface area contributed by atoms with Gasteiger partial charge in [0.15, 0.2) is 11.5 Å². The first kappa shape index (κ1) is 24.5. The van der Waals surface area contributed by atoms with E-state index in [1.165, 1.54) is 6.08 Å². The van der Waals surface area contributed by atoms with E-state index in [4.69, 9.17) is 21.1 Å². The van der Waals surface area contributed by atoms with Crippen molar-refractivity contribution in [3.8, 4) is 11.5 Å². The molecule has 0 aromatic heterocycles. The summed E-state index contributed by atoms with van der Waals surface area (Å²) in [5.74, 6) is 0.899. The van der Waals surface area contributed by atoms with E-state index in [1.54, 1.807) is 25.3 Å². The van der Waals surface area contributed by atoms with Crippen molar-refractivity contribution in [2.75, 3.05) is 32.1 Å². The van der Waals surface area contributed by atoms with Gasteiger partial charge in [-0.3, -0.25) is 4.79 Å². The molecule has 3 amide bonds. The van der Waals surface area contributed by atoms with E-state index >= 15 is 0 Å². The predicted molar refractivity (Wildman–Crippen MR) is 131 cm³/mol. The molecule has 33 heavy (non-hydrogen) atoms. The zero-order valence-electron chi connectivity index (χ0n) is 19.0. The van der Waals surface area contributed by atoms with Crippen LogP contribution in [0.15, 0.2) is 48.5 Å². The van der Waals surface area contributed by atoms with E-state index in [-0.39, 0.29) is 18.0 Å². The van der Waals surface area contributed by atoms with Gasteiger partial charge in [0, 0.05) is 30.9 Å². The van der Waals surface area contributed by atoms with E-state index < -0.39 is 0 Å². The Morgan fingerprint density at radius 2 is 2.00 bits per heavy atom. The summed E-state index contributed by atoms with van der Waals surface area (Å²) in [4.78, 5) is 27.0. The summed E-state index contributed by atoms with van der Waals surface area (Å²) < 4.78 is 10.9. The summed E-state index contributed by atoms with van der Waals surface area (Å²) in [7, 11) is 1.55. The number of nitrogens with one attached hydrogen (secondary N) is 2. The fourth-order valence-electron chi connectivity index (χ4n) is 3.79. The van der Waals surface area contributed by atoms with E-state index in [1.807, 2.05) is 42.2 Å². The fourth-order valence-corrected chi connectivity index (χ4v) is 4.07. The van der Waals surface area contributed by atoms with Crippen LogP contribution in [0.3, 0.4) is 0 Å². The zero-order valence-corrected chi connectivity index (χ0v) is 19.7. The molecule has 1 atom stereocenters. The highest BCUT2D eigenvalue weighted by atomic mass is 35.5. The summed E-state index contributed by atoms with van der Waals surface area (Å²) in [6.45, 7) is 3.39. The first-order chi connectivity index (χ1) is 16.0. The topological polar surface area (TPSA) is 79.9 Å². The molecule has 1 aliphatic rings. The number of likely N-dealkylation sites (tertiary alicyclic amines) is 1. The minimum atomic E-state index is -0.286. The Kier molecular flexibility index (Phi) is 9.01. The Labute approximate surface area is 199 Å². The molecule has 1 saturated heterocycles. The van der Waals surface area contributed by atoms with Crippen molar-refractivity contribution in [3.05, 3.63) is 59.1 Å². The number of carbonyl (C=O) groups excluding carboxylic acids is 2. The van der Waals surface area contributed by atoms with E-state index in [2.05, 4.69) is 10.6 Å². The van der Waals surface area contributed by atoms with Crippen molar-refractivity contribution in [2.45, 2.75) is 32.2 Å². The van der Waals surface area contributed by atoms with Gasteiger partial charge in [-0.2, -0.15) is 0 Å². The maximum absolute atomic E-state index is 12.9. The largest absolute Gasteiger partial charge is 0.493 e. The molecular formula is C25H30ClN3O4. The lowest BCUT2D eigenvalue weighted by Gasteiger charge is -2.35. The summed E-state index contributed by atoms with van der Waals surface area (Å²) in [5.41, 5.74) is 1.46. The number of hydrogen-bond acceptors (Lipinski definition) is 4. The van der Waals surface area contributed by atoms with Gasteiger partial charge in [0.25, 0.3) is 0 Å². The Morgan fingerprint density at radius 1 is 1.21 bits per heavy atom. The standard InChI is InChI=1S/C25H30ClN3O4/c1-3-33-24-21(26)15-18(16-22(24)32-2)12-13-23(30)29-14-8-7-11-20(29)17-27-25(31)28-19-9-5-4-6-10-19/h4-6,9-10,12-13,15-16,20H,3,7-8,11,14,17H2,1-2H3,(H2,27,28,31)/b13-12+/t20-/m1/s1. The molecular weight excluding hydrogens is 442 g/mol. The number of halogens is 1. The zero-order chi connectivity index (χ0) is 23.6. The highest BCUT2D eigenvalue weighted by Crippen LogP contribution is 2.36. The van der Waals surface area contributed by atoms with Crippen molar-refractivity contribution in [1.29, 1.82) is 0 Å². The maximum Gasteiger partial charge on any atom is 0.319 e. The monoisotopic (exact) mass is 471 g/mol. The molecule has 8 heteroatoms. The molecule has 0 saturated carbocycles. The fraction of sp³-hybridized carbons (Fsp3) is 0.360. The second-order valence-corrected chi connectivity index (χ2v) is 8.09. The van der Waals surface area contributed by atoms with Gasteiger partial charge in [0.1, 0.15) is 0 Å². The Morgan fingerprint density at radius 3 is 2.73 bits per heavy atom. The van der Waals surface area contributed by atoms with Crippen LogP contribution in [0.2, 0.25) is 5.02 Å². The normalized spacial score (nSPS) is 15.8. The number of hydrogen-bond donors (Lipinski definition) is 2. The number of benzene rings is 2. The Balaban J connectivity index is 1.62. The van der Waals surface area contributed by atoms with Crippen LogP contribution in [-0.4, -0.2) is 49.7 Å². The number of urea groups is 1. The van der Waals surface area contributed by atoms with Crippen molar-refractivity contribution in [1.82, 2.24) is 10.2 Å². The Hall–Kier alpha value is -3.19. The van der Waals surface area contributed by atoms with Gasteiger partial charge in [0.05, 0.1) is 18.7 Å².